The van der Waals surface area contributed by atoms with E-state index in [4.69, 9.17) is 0 Å². The molecule has 1 heteroatoms. The maximum atomic E-state index is 2.83. The minimum atomic E-state index is 0.784. The summed E-state index contributed by atoms with van der Waals surface area (Å²) in [6.45, 7) is 2.63. The average molecular weight is 334 g/mol. The number of unbranched alkanes of at least 4 members (excludes halogenated alkanes) is 2. The van der Waals surface area contributed by atoms with Crippen molar-refractivity contribution >= 4 is 0 Å². The topological polar surface area (TPSA) is 3.24 Å². The first kappa shape index (κ1) is 16.8. The van der Waals surface area contributed by atoms with Crippen LogP contribution < -0.4 is 0 Å². The maximum Gasteiger partial charge on any atom is 0.0136 e. The minimum absolute atomic E-state index is 0.784. The van der Waals surface area contributed by atoms with Crippen LogP contribution in [0.1, 0.15) is 48.8 Å². The standard InChI is InChI=1S/C24H31N/c1-3-9-20(10-4-1)11-5-2-8-16-25-19-21-14-15-24(25)18-23-13-7-6-12-22(23)17-21/h1,3-4,6-7,9-10,12-13,21,24H,2,5,8,11,14-19H2/t21-,24+/m1/s1. The average Bonchev–Trinajstić information content (AvgIpc) is 2.63. The van der Waals surface area contributed by atoms with Gasteiger partial charge in [-0.05, 0) is 74.1 Å². The van der Waals surface area contributed by atoms with Crippen LogP contribution in [0.5, 0.6) is 0 Å². The molecule has 25 heavy (non-hydrogen) atoms. The van der Waals surface area contributed by atoms with Gasteiger partial charge in [-0.3, -0.25) is 4.90 Å². The highest BCUT2D eigenvalue weighted by Crippen LogP contribution is 2.32. The molecule has 1 saturated heterocycles. The highest BCUT2D eigenvalue weighted by Gasteiger charge is 2.31. The van der Waals surface area contributed by atoms with Gasteiger partial charge in [0.05, 0.1) is 0 Å². The van der Waals surface area contributed by atoms with Crippen LogP contribution >= 0.6 is 0 Å². The molecule has 0 aromatic heterocycles. The number of nitrogens with zero attached hydrogens (tertiary/aromatic N) is 1. The van der Waals surface area contributed by atoms with Gasteiger partial charge in [0.15, 0.2) is 0 Å². The smallest absolute Gasteiger partial charge is 0.0136 e. The van der Waals surface area contributed by atoms with Gasteiger partial charge in [-0.1, -0.05) is 61.0 Å². The fourth-order valence-corrected chi connectivity index (χ4v) is 4.84. The summed E-state index contributed by atoms with van der Waals surface area (Å²) in [6.07, 6.45) is 10.7. The van der Waals surface area contributed by atoms with E-state index in [1.165, 1.54) is 70.0 Å². The van der Waals surface area contributed by atoms with Gasteiger partial charge in [-0.2, -0.15) is 0 Å². The molecule has 132 valence electrons. The fraction of sp³-hybridized carbons (Fsp3) is 0.500. The van der Waals surface area contributed by atoms with Gasteiger partial charge in [0.25, 0.3) is 0 Å². The molecule has 0 amide bonds. The molecule has 1 aliphatic carbocycles. The Balaban J connectivity index is 1.27. The summed E-state index contributed by atoms with van der Waals surface area (Å²) >= 11 is 0. The molecule has 1 nitrogen and oxygen atoms in total. The molecule has 2 atom stereocenters. The van der Waals surface area contributed by atoms with Crippen molar-refractivity contribution in [2.75, 3.05) is 13.1 Å². The van der Waals surface area contributed by atoms with Crippen molar-refractivity contribution in [3.63, 3.8) is 0 Å². The van der Waals surface area contributed by atoms with Gasteiger partial charge in [-0.15, -0.1) is 0 Å². The number of piperidine rings is 1. The van der Waals surface area contributed by atoms with Crippen LogP contribution in [0.25, 0.3) is 0 Å². The molecular weight excluding hydrogens is 302 g/mol. The molecule has 1 fully saturated rings. The molecule has 0 spiro atoms. The molecule has 3 aliphatic rings. The third-order valence-electron chi connectivity index (χ3n) is 6.25. The monoisotopic (exact) mass is 333 g/mol. The zero-order valence-electron chi connectivity index (χ0n) is 15.4. The number of hydrogen-bond donors (Lipinski definition) is 0. The Bertz CT molecular complexity index is 663. The highest BCUT2D eigenvalue weighted by molar-refractivity contribution is 5.29. The zero-order valence-corrected chi connectivity index (χ0v) is 15.4. The van der Waals surface area contributed by atoms with E-state index in [2.05, 4.69) is 59.5 Å². The van der Waals surface area contributed by atoms with Gasteiger partial charge in [0.1, 0.15) is 0 Å². The molecule has 2 heterocycles. The summed E-state index contributed by atoms with van der Waals surface area (Å²) < 4.78 is 0. The van der Waals surface area contributed by atoms with Crippen LogP contribution in [0.15, 0.2) is 54.6 Å². The Kier molecular flexibility index (Phi) is 5.52. The van der Waals surface area contributed by atoms with Crippen LogP contribution in [0.4, 0.5) is 0 Å². The molecule has 2 aliphatic heterocycles. The second kappa shape index (κ2) is 8.19. The van der Waals surface area contributed by atoms with E-state index in [-0.39, 0.29) is 0 Å². The lowest BCUT2D eigenvalue weighted by molar-refractivity contribution is 0.0991. The van der Waals surface area contributed by atoms with Crippen molar-refractivity contribution < 1.29 is 0 Å². The highest BCUT2D eigenvalue weighted by atomic mass is 15.2. The Morgan fingerprint density at radius 1 is 0.760 bits per heavy atom. The van der Waals surface area contributed by atoms with Gasteiger partial charge in [0, 0.05) is 12.6 Å². The molecule has 0 N–H and O–H groups in total. The van der Waals surface area contributed by atoms with E-state index in [0.29, 0.717) is 0 Å². The van der Waals surface area contributed by atoms with Gasteiger partial charge in [0.2, 0.25) is 0 Å². The molecule has 0 unspecified atom stereocenters. The summed E-state index contributed by atoms with van der Waals surface area (Å²) in [5.74, 6) is 0.877. The lowest BCUT2D eigenvalue weighted by atomic mass is 9.80. The Morgan fingerprint density at radius 3 is 2.36 bits per heavy atom. The van der Waals surface area contributed by atoms with Crippen molar-refractivity contribution in [3.8, 4) is 0 Å². The second-order valence-electron chi connectivity index (χ2n) is 8.07. The number of rotatable bonds is 6. The lowest BCUT2D eigenvalue weighted by Crippen LogP contribution is -2.46. The summed E-state index contributed by atoms with van der Waals surface area (Å²) in [5.41, 5.74) is 4.73. The summed E-state index contributed by atoms with van der Waals surface area (Å²) in [4.78, 5) is 2.83. The summed E-state index contributed by atoms with van der Waals surface area (Å²) in [6, 6.07) is 20.9. The Morgan fingerprint density at radius 2 is 1.52 bits per heavy atom. The zero-order chi connectivity index (χ0) is 16.9. The van der Waals surface area contributed by atoms with Crippen molar-refractivity contribution in [1.29, 1.82) is 0 Å². The second-order valence-corrected chi connectivity index (χ2v) is 8.07. The van der Waals surface area contributed by atoms with Gasteiger partial charge < -0.3 is 0 Å². The third kappa shape index (κ3) is 4.33. The lowest BCUT2D eigenvalue weighted by Gasteiger charge is -2.42. The van der Waals surface area contributed by atoms with Crippen LogP contribution in [0.2, 0.25) is 0 Å². The Labute approximate surface area is 153 Å². The number of benzene rings is 2. The Hall–Kier alpha value is -1.60. The predicted octanol–water partition coefficient (Wildman–Crippen LogP) is 5.28. The molecule has 2 aromatic carbocycles. The van der Waals surface area contributed by atoms with E-state index < -0.39 is 0 Å². The third-order valence-corrected chi connectivity index (χ3v) is 6.25. The number of fused-ring (bicyclic) bond motifs is 2. The fourth-order valence-electron chi connectivity index (χ4n) is 4.84. The van der Waals surface area contributed by atoms with E-state index in [1.54, 1.807) is 11.1 Å². The van der Waals surface area contributed by atoms with Crippen LogP contribution in [-0.4, -0.2) is 24.0 Å². The maximum absolute atomic E-state index is 2.83. The van der Waals surface area contributed by atoms with Crippen LogP contribution in [0.3, 0.4) is 0 Å². The van der Waals surface area contributed by atoms with Crippen molar-refractivity contribution in [2.24, 2.45) is 5.92 Å². The van der Waals surface area contributed by atoms with Gasteiger partial charge in [-0.25, -0.2) is 0 Å². The predicted molar refractivity (Wildman–Crippen MR) is 106 cm³/mol. The molecule has 2 bridgehead atoms. The summed E-state index contributed by atoms with van der Waals surface area (Å²) in [7, 11) is 0. The largest absolute Gasteiger partial charge is 0.300 e. The van der Waals surface area contributed by atoms with Crippen LogP contribution in [0, 0.1) is 5.92 Å². The molecule has 5 rings (SSSR count). The van der Waals surface area contributed by atoms with E-state index >= 15 is 0 Å². The van der Waals surface area contributed by atoms with Crippen molar-refractivity contribution in [1.82, 2.24) is 4.90 Å². The first-order valence-corrected chi connectivity index (χ1v) is 10.2. The van der Waals surface area contributed by atoms with Crippen molar-refractivity contribution in [2.45, 2.75) is 57.4 Å². The van der Waals surface area contributed by atoms with E-state index in [9.17, 15) is 0 Å². The van der Waals surface area contributed by atoms with E-state index in [1.807, 2.05) is 0 Å². The first-order valence-electron chi connectivity index (χ1n) is 10.2. The number of hydrogen-bond acceptors (Lipinski definition) is 1. The van der Waals surface area contributed by atoms with Crippen molar-refractivity contribution in [3.05, 3.63) is 71.3 Å². The van der Waals surface area contributed by atoms with Crippen LogP contribution in [-0.2, 0) is 19.3 Å². The molecular formula is C24H31N. The minimum Gasteiger partial charge on any atom is -0.300 e. The quantitative estimate of drug-likeness (QED) is 0.650. The molecule has 2 aromatic rings. The first-order chi connectivity index (χ1) is 12.4. The molecule has 0 radical (unpaired) electrons. The number of aryl methyl sites for hydroxylation is 1. The molecule has 0 saturated carbocycles. The van der Waals surface area contributed by atoms with E-state index in [0.717, 1.165) is 12.0 Å². The normalized spacial score (nSPS) is 23.0. The SMILES string of the molecule is c1ccc(CCCCCN2C[C@@H]3CC[C@H]2Cc2ccccc2C3)cc1. The van der Waals surface area contributed by atoms with Gasteiger partial charge >= 0.3 is 0 Å². The summed E-state index contributed by atoms with van der Waals surface area (Å²) in [5, 5.41) is 0.